The number of rotatable bonds is 24. The summed E-state index contributed by atoms with van der Waals surface area (Å²) in [5.74, 6) is -0.990. The van der Waals surface area contributed by atoms with Crippen LogP contribution in [0.15, 0.2) is 48.5 Å². The number of unbranched alkanes of at least 4 members (excludes halogenated alkanes) is 10. The van der Waals surface area contributed by atoms with Crippen molar-refractivity contribution in [1.82, 2.24) is 4.90 Å². The molecule has 0 saturated carbocycles. The molecule has 2 aromatic rings. The van der Waals surface area contributed by atoms with E-state index in [1.165, 1.54) is 77.0 Å². The summed E-state index contributed by atoms with van der Waals surface area (Å²) in [4.78, 5) is 25.7. The lowest BCUT2D eigenvalue weighted by atomic mass is 9.90. The lowest BCUT2D eigenvalue weighted by molar-refractivity contribution is -0.276. The summed E-state index contributed by atoms with van der Waals surface area (Å²) in [6.45, 7) is 9.76. The van der Waals surface area contributed by atoms with Crippen molar-refractivity contribution in [3.8, 4) is 0 Å². The maximum atomic E-state index is 12.3. The SMILES string of the molecule is CCCCCCCCN(CCCCCCCC)CC1OC(c2ccc(NC(=O)CCCC(=O)O)cc2)OC(c2ccc(CO)cc2)C1C. The monoisotopic (exact) mass is 666 g/mol. The van der Waals surface area contributed by atoms with Crippen LogP contribution in [0.2, 0.25) is 0 Å². The molecule has 2 aromatic carbocycles. The molecule has 0 spiro atoms. The Morgan fingerprint density at radius 3 is 1.85 bits per heavy atom. The molecule has 4 unspecified atom stereocenters. The van der Waals surface area contributed by atoms with Gasteiger partial charge in [-0.05, 0) is 55.6 Å². The smallest absolute Gasteiger partial charge is 0.303 e. The van der Waals surface area contributed by atoms with E-state index < -0.39 is 12.3 Å². The number of aliphatic carboxylic acids is 1. The van der Waals surface area contributed by atoms with E-state index in [4.69, 9.17) is 14.6 Å². The molecule has 0 aromatic heterocycles. The number of anilines is 1. The Balaban J connectivity index is 1.74. The van der Waals surface area contributed by atoms with Gasteiger partial charge >= 0.3 is 5.97 Å². The Bertz CT molecular complexity index is 1160. The van der Waals surface area contributed by atoms with E-state index in [0.29, 0.717) is 12.1 Å². The Labute approximate surface area is 289 Å². The van der Waals surface area contributed by atoms with Crippen LogP contribution in [0.5, 0.6) is 0 Å². The number of hydrogen-bond donors (Lipinski definition) is 3. The summed E-state index contributed by atoms with van der Waals surface area (Å²) in [6.07, 6.45) is 15.0. The lowest BCUT2D eigenvalue weighted by Gasteiger charge is -2.43. The molecule has 1 saturated heterocycles. The highest BCUT2D eigenvalue weighted by molar-refractivity contribution is 5.90. The summed E-state index contributed by atoms with van der Waals surface area (Å²) >= 11 is 0. The highest BCUT2D eigenvalue weighted by atomic mass is 16.7. The quantitative estimate of drug-likeness (QED) is 0.0959. The van der Waals surface area contributed by atoms with Crippen LogP contribution in [-0.4, -0.2) is 52.7 Å². The predicted molar refractivity (Wildman–Crippen MR) is 193 cm³/mol. The Kier molecular flexibility index (Phi) is 18.8. The van der Waals surface area contributed by atoms with Crippen molar-refractivity contribution < 1.29 is 29.3 Å². The first-order chi connectivity index (χ1) is 23.3. The van der Waals surface area contributed by atoms with Crippen molar-refractivity contribution in [1.29, 1.82) is 0 Å². The lowest BCUT2D eigenvalue weighted by Crippen LogP contribution is -2.45. The van der Waals surface area contributed by atoms with Crippen LogP contribution < -0.4 is 5.32 Å². The third-order valence-corrected chi connectivity index (χ3v) is 9.48. The molecule has 0 bridgehead atoms. The molecule has 8 heteroatoms. The third kappa shape index (κ3) is 14.4. The first-order valence-electron chi connectivity index (χ1n) is 18.7. The van der Waals surface area contributed by atoms with Crippen LogP contribution in [0.4, 0.5) is 5.69 Å². The maximum absolute atomic E-state index is 12.3. The average molecular weight is 667 g/mol. The fourth-order valence-electron chi connectivity index (χ4n) is 6.46. The second-order valence-corrected chi connectivity index (χ2v) is 13.6. The van der Waals surface area contributed by atoms with Gasteiger partial charge in [0.05, 0.1) is 18.8 Å². The van der Waals surface area contributed by atoms with E-state index in [1.807, 2.05) is 36.4 Å². The van der Waals surface area contributed by atoms with Gasteiger partial charge in [-0.15, -0.1) is 0 Å². The van der Waals surface area contributed by atoms with E-state index in [1.54, 1.807) is 0 Å². The minimum atomic E-state index is -0.900. The van der Waals surface area contributed by atoms with Crippen molar-refractivity contribution in [2.45, 2.75) is 142 Å². The normalized spacial score (nSPS) is 19.4. The van der Waals surface area contributed by atoms with E-state index in [-0.39, 0.29) is 43.5 Å². The van der Waals surface area contributed by atoms with Gasteiger partial charge in [-0.2, -0.15) is 0 Å². The number of carboxylic acids is 1. The van der Waals surface area contributed by atoms with Gasteiger partial charge in [0.1, 0.15) is 0 Å². The molecule has 0 aliphatic carbocycles. The van der Waals surface area contributed by atoms with Gasteiger partial charge in [0.2, 0.25) is 5.91 Å². The molecule has 1 fully saturated rings. The first-order valence-corrected chi connectivity index (χ1v) is 18.7. The molecule has 268 valence electrons. The molecular formula is C40H62N2O6. The molecular weight excluding hydrogens is 604 g/mol. The topological polar surface area (TPSA) is 108 Å². The molecule has 48 heavy (non-hydrogen) atoms. The zero-order valence-corrected chi connectivity index (χ0v) is 29.8. The number of benzene rings is 2. The van der Waals surface area contributed by atoms with Crippen molar-refractivity contribution in [3.05, 3.63) is 65.2 Å². The van der Waals surface area contributed by atoms with E-state index >= 15 is 0 Å². The van der Waals surface area contributed by atoms with Crippen molar-refractivity contribution in [3.63, 3.8) is 0 Å². The number of nitrogens with one attached hydrogen (secondary N) is 1. The number of aliphatic hydroxyl groups is 1. The second-order valence-electron chi connectivity index (χ2n) is 13.6. The van der Waals surface area contributed by atoms with Crippen LogP contribution >= 0.6 is 0 Å². The zero-order chi connectivity index (χ0) is 34.6. The van der Waals surface area contributed by atoms with Gasteiger partial charge in [-0.25, -0.2) is 0 Å². The molecule has 0 radical (unpaired) electrons. The van der Waals surface area contributed by atoms with Crippen molar-refractivity contribution in [2.75, 3.05) is 25.0 Å². The number of amides is 1. The third-order valence-electron chi connectivity index (χ3n) is 9.48. The highest BCUT2D eigenvalue weighted by Crippen LogP contribution is 2.42. The molecule has 3 rings (SSSR count). The number of nitrogens with zero attached hydrogens (tertiary/aromatic N) is 1. The van der Waals surface area contributed by atoms with Gasteiger partial charge in [0, 0.05) is 36.6 Å². The molecule has 1 aliphatic rings. The van der Waals surface area contributed by atoms with Gasteiger partial charge in [-0.1, -0.05) is 121 Å². The first kappa shape index (κ1) is 39.7. The van der Waals surface area contributed by atoms with Gasteiger partial charge in [0.15, 0.2) is 6.29 Å². The van der Waals surface area contributed by atoms with Crippen molar-refractivity contribution >= 4 is 17.6 Å². The number of carbonyl (C=O) groups is 2. The van der Waals surface area contributed by atoms with E-state index in [2.05, 4.69) is 43.1 Å². The number of carboxylic acid groups (broad SMARTS) is 1. The molecule has 4 atom stereocenters. The molecule has 3 N–H and O–H groups in total. The highest BCUT2D eigenvalue weighted by Gasteiger charge is 2.39. The number of carbonyl (C=O) groups excluding carboxylic acids is 1. The predicted octanol–water partition coefficient (Wildman–Crippen LogP) is 9.19. The molecule has 1 heterocycles. The van der Waals surface area contributed by atoms with Crippen LogP contribution in [0, 0.1) is 5.92 Å². The molecule has 8 nitrogen and oxygen atoms in total. The minimum absolute atomic E-state index is 0.00398. The molecule has 1 aliphatic heterocycles. The summed E-state index contributed by atoms with van der Waals surface area (Å²) < 4.78 is 13.5. The van der Waals surface area contributed by atoms with Gasteiger partial charge in [0.25, 0.3) is 0 Å². The maximum Gasteiger partial charge on any atom is 0.303 e. The van der Waals surface area contributed by atoms with Crippen LogP contribution in [-0.2, 0) is 25.7 Å². The summed E-state index contributed by atoms with van der Waals surface area (Å²) in [5, 5.41) is 21.3. The zero-order valence-electron chi connectivity index (χ0n) is 29.8. The van der Waals surface area contributed by atoms with Gasteiger partial charge < -0.3 is 29.9 Å². The number of hydrogen-bond acceptors (Lipinski definition) is 6. The average Bonchev–Trinajstić information content (AvgIpc) is 3.08. The molecule has 1 amide bonds. The minimum Gasteiger partial charge on any atom is -0.481 e. The van der Waals surface area contributed by atoms with Gasteiger partial charge in [-0.3, -0.25) is 9.59 Å². The van der Waals surface area contributed by atoms with E-state index in [0.717, 1.165) is 36.3 Å². The fourth-order valence-corrected chi connectivity index (χ4v) is 6.46. The Hall–Kier alpha value is -2.78. The van der Waals surface area contributed by atoms with E-state index in [9.17, 15) is 14.7 Å². The second kappa shape index (κ2) is 22.8. The Morgan fingerprint density at radius 1 is 0.729 bits per heavy atom. The standard InChI is InChI=1S/C40H62N2O6/c1-4-6-8-10-12-14-27-42(28-15-13-11-9-7-5-2)29-36-31(3)39(33-21-19-32(30-43)20-22-33)48-40(47-36)34-23-25-35(26-24-34)41-37(44)17-16-18-38(45)46/h19-26,31,36,39-40,43H,4-18,27-30H2,1-3H3,(H,41,44)(H,45,46). The summed E-state index contributed by atoms with van der Waals surface area (Å²) in [6, 6.07) is 15.6. The largest absolute Gasteiger partial charge is 0.481 e. The van der Waals surface area contributed by atoms with Crippen molar-refractivity contribution in [2.24, 2.45) is 5.92 Å². The summed E-state index contributed by atoms with van der Waals surface area (Å²) in [7, 11) is 0. The fraction of sp³-hybridized carbons (Fsp3) is 0.650. The van der Waals surface area contributed by atoms with Crippen LogP contribution in [0.25, 0.3) is 0 Å². The number of ether oxygens (including phenoxy) is 2. The number of aliphatic hydroxyl groups excluding tert-OH is 1. The Morgan fingerprint density at radius 2 is 1.29 bits per heavy atom. The summed E-state index contributed by atoms with van der Waals surface area (Å²) in [5.41, 5.74) is 3.48. The van der Waals surface area contributed by atoms with Crippen LogP contribution in [0.1, 0.15) is 146 Å². The van der Waals surface area contributed by atoms with Crippen LogP contribution in [0.3, 0.4) is 0 Å².